The van der Waals surface area contributed by atoms with E-state index in [0.29, 0.717) is 30.9 Å². The summed E-state index contributed by atoms with van der Waals surface area (Å²) in [4.78, 5) is 29.8. The fourth-order valence-corrected chi connectivity index (χ4v) is 4.38. The number of amides is 3. The van der Waals surface area contributed by atoms with Gasteiger partial charge in [0, 0.05) is 37.2 Å². The molecule has 6 nitrogen and oxygen atoms in total. The van der Waals surface area contributed by atoms with E-state index in [1.165, 1.54) is 12.1 Å². The second kappa shape index (κ2) is 9.90. The lowest BCUT2D eigenvalue weighted by Crippen LogP contribution is -2.48. The number of carbonyl (C=O) groups excluding carboxylic acids is 2. The zero-order valence-electron chi connectivity index (χ0n) is 19.0. The summed E-state index contributed by atoms with van der Waals surface area (Å²) in [6.45, 7) is 5.49. The Morgan fingerprint density at radius 2 is 1.91 bits per heavy atom. The molecule has 172 valence electrons. The highest BCUT2D eigenvalue weighted by Crippen LogP contribution is 2.33. The molecule has 0 radical (unpaired) electrons. The first-order valence-corrected chi connectivity index (χ1v) is 11.3. The van der Waals surface area contributed by atoms with E-state index in [1.807, 2.05) is 62.5 Å². The van der Waals surface area contributed by atoms with Crippen LogP contribution in [0.4, 0.5) is 14.9 Å². The lowest BCUT2D eigenvalue weighted by atomic mass is 9.99. The summed E-state index contributed by atoms with van der Waals surface area (Å²) in [6, 6.07) is 17.1. The standard InChI is InChI=1S/C26H29FN4O2/c1-3-12-30(26(33)28-22-10-4-7-19(2)16-22)18-24(32)31-15-14-29-13-6-11-23(29)25(31)20-8-5-9-21(27)17-20/h4-11,13,16-17,25H,3,12,14-15,18H2,1-2H3,(H,28,33). The first-order chi connectivity index (χ1) is 16.0. The molecule has 1 unspecified atom stereocenters. The number of aromatic nitrogens is 1. The quantitative estimate of drug-likeness (QED) is 0.588. The number of fused-ring (bicyclic) bond motifs is 1. The molecule has 0 bridgehead atoms. The maximum atomic E-state index is 14.0. The van der Waals surface area contributed by atoms with Crippen LogP contribution < -0.4 is 5.32 Å². The van der Waals surface area contributed by atoms with Crippen LogP contribution in [0.5, 0.6) is 0 Å². The van der Waals surface area contributed by atoms with Crippen LogP contribution in [0.1, 0.15) is 36.2 Å². The third-order valence-electron chi connectivity index (χ3n) is 5.90. The van der Waals surface area contributed by atoms with Gasteiger partial charge in [0.1, 0.15) is 12.4 Å². The number of nitrogens with one attached hydrogen (secondary N) is 1. The second-order valence-corrected chi connectivity index (χ2v) is 8.39. The highest BCUT2D eigenvalue weighted by Gasteiger charge is 2.33. The largest absolute Gasteiger partial charge is 0.348 e. The summed E-state index contributed by atoms with van der Waals surface area (Å²) >= 11 is 0. The summed E-state index contributed by atoms with van der Waals surface area (Å²) < 4.78 is 16.1. The molecule has 2 heterocycles. The number of carbonyl (C=O) groups is 2. The van der Waals surface area contributed by atoms with Gasteiger partial charge in [-0.15, -0.1) is 0 Å². The van der Waals surface area contributed by atoms with Gasteiger partial charge in [0.2, 0.25) is 5.91 Å². The molecule has 7 heteroatoms. The van der Waals surface area contributed by atoms with Gasteiger partial charge in [-0.2, -0.15) is 0 Å². The minimum atomic E-state index is -0.403. The number of hydrogen-bond donors (Lipinski definition) is 1. The maximum Gasteiger partial charge on any atom is 0.322 e. The van der Waals surface area contributed by atoms with Crippen LogP contribution in [0.3, 0.4) is 0 Å². The van der Waals surface area contributed by atoms with E-state index in [1.54, 1.807) is 15.9 Å². The van der Waals surface area contributed by atoms with E-state index in [-0.39, 0.29) is 24.3 Å². The van der Waals surface area contributed by atoms with Crippen molar-refractivity contribution >= 4 is 17.6 Å². The molecule has 1 aliphatic heterocycles. The SMILES string of the molecule is CCCN(CC(=O)N1CCn2cccc2C1c1cccc(F)c1)C(=O)Nc1cccc(C)c1. The van der Waals surface area contributed by atoms with E-state index in [4.69, 9.17) is 0 Å². The van der Waals surface area contributed by atoms with Crippen LogP contribution in [0.2, 0.25) is 0 Å². The van der Waals surface area contributed by atoms with Crippen molar-refractivity contribution in [2.45, 2.75) is 32.9 Å². The normalized spacial score (nSPS) is 15.1. The summed E-state index contributed by atoms with van der Waals surface area (Å²) in [5.74, 6) is -0.502. The molecule has 0 saturated carbocycles. The lowest BCUT2D eigenvalue weighted by molar-refractivity contribution is -0.134. The molecular weight excluding hydrogens is 419 g/mol. The molecule has 33 heavy (non-hydrogen) atoms. The van der Waals surface area contributed by atoms with Gasteiger partial charge in [0.25, 0.3) is 0 Å². The Morgan fingerprint density at radius 3 is 2.67 bits per heavy atom. The average molecular weight is 449 g/mol. The van der Waals surface area contributed by atoms with Crippen molar-refractivity contribution < 1.29 is 14.0 Å². The topological polar surface area (TPSA) is 57.6 Å². The average Bonchev–Trinajstić information content (AvgIpc) is 3.27. The van der Waals surface area contributed by atoms with Crippen molar-refractivity contribution in [2.24, 2.45) is 0 Å². The van der Waals surface area contributed by atoms with Crippen LogP contribution >= 0.6 is 0 Å². The monoisotopic (exact) mass is 448 g/mol. The third kappa shape index (κ3) is 5.08. The van der Waals surface area contributed by atoms with Crippen molar-refractivity contribution in [3.8, 4) is 0 Å². The van der Waals surface area contributed by atoms with Crippen LogP contribution in [0, 0.1) is 12.7 Å². The Morgan fingerprint density at radius 1 is 1.09 bits per heavy atom. The molecule has 3 amide bonds. The summed E-state index contributed by atoms with van der Waals surface area (Å²) in [6.07, 6.45) is 2.70. The first kappa shape index (κ1) is 22.6. The Hall–Kier alpha value is -3.61. The molecule has 0 fully saturated rings. The Bertz CT molecular complexity index is 1140. The minimum Gasteiger partial charge on any atom is -0.348 e. The number of rotatable bonds is 6. The molecule has 1 aliphatic rings. The fourth-order valence-electron chi connectivity index (χ4n) is 4.38. The number of anilines is 1. The lowest BCUT2D eigenvalue weighted by Gasteiger charge is -2.38. The predicted octanol–water partition coefficient (Wildman–Crippen LogP) is 4.81. The van der Waals surface area contributed by atoms with Gasteiger partial charge >= 0.3 is 6.03 Å². The predicted molar refractivity (Wildman–Crippen MR) is 126 cm³/mol. The van der Waals surface area contributed by atoms with Crippen molar-refractivity contribution in [3.05, 3.63) is 89.5 Å². The van der Waals surface area contributed by atoms with Crippen LogP contribution in [0.25, 0.3) is 0 Å². The zero-order valence-corrected chi connectivity index (χ0v) is 19.0. The highest BCUT2D eigenvalue weighted by molar-refractivity contribution is 5.92. The number of nitrogens with zero attached hydrogens (tertiary/aromatic N) is 3. The van der Waals surface area contributed by atoms with Crippen molar-refractivity contribution in [2.75, 3.05) is 25.0 Å². The number of halogens is 1. The van der Waals surface area contributed by atoms with Gasteiger partial charge in [-0.25, -0.2) is 9.18 Å². The van der Waals surface area contributed by atoms with Gasteiger partial charge in [-0.05, 0) is 60.9 Å². The van der Waals surface area contributed by atoms with E-state index in [0.717, 1.165) is 17.7 Å². The van der Waals surface area contributed by atoms with Crippen LogP contribution in [-0.4, -0.2) is 45.9 Å². The van der Waals surface area contributed by atoms with Gasteiger partial charge in [-0.1, -0.05) is 31.2 Å². The van der Waals surface area contributed by atoms with E-state index in [9.17, 15) is 14.0 Å². The zero-order chi connectivity index (χ0) is 23.4. The van der Waals surface area contributed by atoms with E-state index in [2.05, 4.69) is 9.88 Å². The Labute approximate surface area is 193 Å². The highest BCUT2D eigenvalue weighted by atomic mass is 19.1. The Kier molecular flexibility index (Phi) is 6.77. The Balaban J connectivity index is 1.56. The molecule has 0 aliphatic carbocycles. The van der Waals surface area contributed by atoms with E-state index >= 15 is 0 Å². The fraction of sp³-hybridized carbons (Fsp3) is 0.308. The number of benzene rings is 2. The van der Waals surface area contributed by atoms with Gasteiger partial charge in [0.05, 0.1) is 6.04 Å². The second-order valence-electron chi connectivity index (χ2n) is 8.39. The first-order valence-electron chi connectivity index (χ1n) is 11.3. The smallest absolute Gasteiger partial charge is 0.322 e. The molecule has 0 spiro atoms. The number of hydrogen-bond acceptors (Lipinski definition) is 2. The number of aryl methyl sites for hydroxylation is 1. The minimum absolute atomic E-state index is 0.0436. The van der Waals surface area contributed by atoms with Crippen molar-refractivity contribution in [3.63, 3.8) is 0 Å². The maximum absolute atomic E-state index is 14.0. The summed E-state index contributed by atoms with van der Waals surface area (Å²) in [5.41, 5.74) is 3.39. The van der Waals surface area contributed by atoms with E-state index < -0.39 is 6.04 Å². The molecule has 2 aromatic carbocycles. The molecule has 0 saturated heterocycles. The molecular formula is C26H29FN4O2. The van der Waals surface area contributed by atoms with Gasteiger partial charge in [0.15, 0.2) is 0 Å². The molecule has 4 rings (SSSR count). The molecule has 1 aromatic heterocycles. The van der Waals surface area contributed by atoms with Gasteiger partial charge < -0.3 is 19.7 Å². The molecule has 1 atom stereocenters. The van der Waals surface area contributed by atoms with Crippen molar-refractivity contribution in [1.82, 2.24) is 14.4 Å². The van der Waals surface area contributed by atoms with Crippen LogP contribution in [-0.2, 0) is 11.3 Å². The number of urea groups is 1. The van der Waals surface area contributed by atoms with Gasteiger partial charge in [-0.3, -0.25) is 4.79 Å². The summed E-state index contributed by atoms with van der Waals surface area (Å²) in [7, 11) is 0. The van der Waals surface area contributed by atoms with Crippen LogP contribution in [0.15, 0.2) is 66.9 Å². The van der Waals surface area contributed by atoms with Crippen molar-refractivity contribution in [1.29, 1.82) is 0 Å². The molecule has 1 N–H and O–H groups in total. The third-order valence-corrected chi connectivity index (χ3v) is 5.90. The summed E-state index contributed by atoms with van der Waals surface area (Å²) in [5, 5.41) is 2.90. The molecule has 3 aromatic rings.